The number of rotatable bonds is 9. The average molecular weight is 410 g/mol. The summed E-state index contributed by atoms with van der Waals surface area (Å²) in [6.07, 6.45) is 4.28. The van der Waals surface area contributed by atoms with E-state index < -0.39 is 11.2 Å². The highest BCUT2D eigenvalue weighted by Crippen LogP contribution is 2.22. The SMILES string of the molecule is CCC1CCCCN1CC(=O)N(CCOC)c1c(N)n(CC(C)C)c(=O)[nH]c1=O. The van der Waals surface area contributed by atoms with Crippen LogP contribution in [0.2, 0.25) is 0 Å². The Bertz CT molecular complexity index is 801. The first-order valence-corrected chi connectivity index (χ1v) is 10.5. The third kappa shape index (κ3) is 5.70. The average Bonchev–Trinajstić information content (AvgIpc) is 2.67. The highest BCUT2D eigenvalue weighted by atomic mass is 16.5. The van der Waals surface area contributed by atoms with Gasteiger partial charge in [-0.3, -0.25) is 24.0 Å². The molecule has 0 saturated carbocycles. The Morgan fingerprint density at radius 3 is 2.69 bits per heavy atom. The van der Waals surface area contributed by atoms with Crippen LogP contribution in [0.15, 0.2) is 9.59 Å². The number of aromatic amines is 1. The van der Waals surface area contributed by atoms with E-state index in [-0.39, 0.29) is 43.0 Å². The van der Waals surface area contributed by atoms with Crippen LogP contribution in [0.25, 0.3) is 0 Å². The van der Waals surface area contributed by atoms with Gasteiger partial charge in [-0.15, -0.1) is 0 Å². The van der Waals surface area contributed by atoms with Crippen LogP contribution in [0.1, 0.15) is 46.5 Å². The zero-order chi connectivity index (χ0) is 21.6. The van der Waals surface area contributed by atoms with E-state index in [2.05, 4.69) is 16.8 Å². The fraction of sp³-hybridized carbons (Fsp3) is 0.750. The molecule has 1 aromatic heterocycles. The number of H-pyrrole nitrogens is 1. The summed E-state index contributed by atoms with van der Waals surface area (Å²) in [7, 11) is 1.54. The topological polar surface area (TPSA) is 114 Å². The van der Waals surface area contributed by atoms with Crippen LogP contribution < -0.4 is 21.9 Å². The van der Waals surface area contributed by atoms with Crippen LogP contribution in [0.4, 0.5) is 11.5 Å². The minimum atomic E-state index is -0.650. The van der Waals surface area contributed by atoms with Crippen molar-refractivity contribution in [2.45, 2.75) is 59.0 Å². The number of hydrogen-bond acceptors (Lipinski definition) is 6. The fourth-order valence-electron chi connectivity index (χ4n) is 3.92. The molecule has 1 aliphatic rings. The molecule has 0 aromatic carbocycles. The van der Waals surface area contributed by atoms with Gasteiger partial charge < -0.3 is 15.4 Å². The summed E-state index contributed by atoms with van der Waals surface area (Å²) in [5.74, 6) is -0.0486. The van der Waals surface area contributed by atoms with Gasteiger partial charge in [-0.1, -0.05) is 27.2 Å². The number of nitrogen functional groups attached to an aromatic ring is 1. The minimum absolute atomic E-state index is 0.0163. The van der Waals surface area contributed by atoms with Crippen LogP contribution >= 0.6 is 0 Å². The van der Waals surface area contributed by atoms with E-state index in [1.54, 1.807) is 0 Å². The number of piperidine rings is 1. The van der Waals surface area contributed by atoms with Gasteiger partial charge in [-0.2, -0.15) is 0 Å². The Morgan fingerprint density at radius 2 is 2.07 bits per heavy atom. The first-order chi connectivity index (χ1) is 13.8. The van der Waals surface area contributed by atoms with Gasteiger partial charge in [0.1, 0.15) is 5.82 Å². The van der Waals surface area contributed by atoms with Crippen molar-refractivity contribution in [3.63, 3.8) is 0 Å². The normalized spacial score (nSPS) is 17.6. The van der Waals surface area contributed by atoms with Gasteiger partial charge >= 0.3 is 5.69 Å². The van der Waals surface area contributed by atoms with Crippen molar-refractivity contribution in [2.75, 3.05) is 44.0 Å². The summed E-state index contributed by atoms with van der Waals surface area (Å²) in [6, 6.07) is 0.363. The quantitative estimate of drug-likeness (QED) is 0.629. The van der Waals surface area contributed by atoms with E-state index in [0.717, 1.165) is 25.8 Å². The maximum Gasteiger partial charge on any atom is 0.330 e. The van der Waals surface area contributed by atoms with Crippen LogP contribution in [0.5, 0.6) is 0 Å². The second-order valence-electron chi connectivity index (χ2n) is 8.06. The second-order valence-corrected chi connectivity index (χ2v) is 8.06. The molecular weight excluding hydrogens is 374 g/mol. The molecule has 0 bridgehead atoms. The van der Waals surface area contributed by atoms with Crippen LogP contribution in [0.3, 0.4) is 0 Å². The van der Waals surface area contributed by atoms with Crippen molar-refractivity contribution in [2.24, 2.45) is 5.92 Å². The largest absolute Gasteiger partial charge is 0.383 e. The smallest absolute Gasteiger partial charge is 0.330 e. The molecule has 2 rings (SSSR count). The van der Waals surface area contributed by atoms with E-state index in [1.807, 2.05) is 13.8 Å². The molecular formula is C20H35N5O4. The summed E-state index contributed by atoms with van der Waals surface area (Å²) in [6.45, 7) is 7.90. The number of hydrogen-bond donors (Lipinski definition) is 2. The number of carbonyl (C=O) groups is 1. The number of nitrogens with zero attached hydrogens (tertiary/aromatic N) is 3. The number of ether oxygens (including phenoxy) is 1. The zero-order valence-electron chi connectivity index (χ0n) is 18.1. The molecule has 1 atom stereocenters. The Balaban J connectivity index is 2.40. The predicted octanol–water partition coefficient (Wildman–Crippen LogP) is 1.02. The monoisotopic (exact) mass is 409 g/mol. The molecule has 3 N–H and O–H groups in total. The number of likely N-dealkylation sites (tertiary alicyclic amines) is 1. The van der Waals surface area contributed by atoms with Crippen LogP contribution in [-0.4, -0.2) is 59.8 Å². The molecule has 0 spiro atoms. The standard InChI is InChI=1S/C20H35N5O4/c1-5-15-8-6-7-9-23(15)13-16(26)24(10-11-29-4)17-18(21)25(12-14(2)3)20(28)22-19(17)27/h14-15H,5-13,21H2,1-4H3,(H,22,27,28). The lowest BCUT2D eigenvalue weighted by Gasteiger charge is -2.36. The summed E-state index contributed by atoms with van der Waals surface area (Å²) in [4.78, 5) is 44.0. The van der Waals surface area contributed by atoms with Gasteiger partial charge in [0.25, 0.3) is 5.56 Å². The molecule has 2 heterocycles. The van der Waals surface area contributed by atoms with Gasteiger partial charge in [0.2, 0.25) is 5.91 Å². The number of methoxy groups -OCH3 is 1. The minimum Gasteiger partial charge on any atom is -0.383 e. The molecule has 1 fully saturated rings. The van der Waals surface area contributed by atoms with E-state index in [0.29, 0.717) is 12.6 Å². The van der Waals surface area contributed by atoms with E-state index >= 15 is 0 Å². The lowest BCUT2D eigenvalue weighted by Crippen LogP contribution is -2.49. The second kappa shape index (κ2) is 10.6. The maximum atomic E-state index is 13.2. The Morgan fingerprint density at radius 1 is 1.34 bits per heavy atom. The number of amides is 1. The van der Waals surface area contributed by atoms with E-state index in [1.165, 1.54) is 23.0 Å². The van der Waals surface area contributed by atoms with Gasteiger partial charge in [0.05, 0.1) is 13.2 Å². The molecule has 29 heavy (non-hydrogen) atoms. The number of carbonyl (C=O) groups excluding carboxylic acids is 1. The highest BCUT2D eigenvalue weighted by molar-refractivity contribution is 5.96. The molecule has 1 saturated heterocycles. The summed E-state index contributed by atoms with van der Waals surface area (Å²) >= 11 is 0. The fourth-order valence-corrected chi connectivity index (χ4v) is 3.92. The van der Waals surface area contributed by atoms with Gasteiger partial charge in [0.15, 0.2) is 5.69 Å². The van der Waals surface area contributed by atoms with Crippen molar-refractivity contribution in [1.82, 2.24) is 14.5 Å². The zero-order valence-corrected chi connectivity index (χ0v) is 18.1. The third-order valence-corrected chi connectivity index (χ3v) is 5.41. The summed E-state index contributed by atoms with van der Waals surface area (Å²) in [5, 5.41) is 0. The van der Waals surface area contributed by atoms with Crippen molar-refractivity contribution in [3.05, 3.63) is 20.8 Å². The molecule has 0 aliphatic carbocycles. The Kier molecular flexibility index (Phi) is 8.45. The lowest BCUT2D eigenvalue weighted by atomic mass is 10.00. The lowest BCUT2D eigenvalue weighted by molar-refractivity contribution is -0.120. The molecule has 1 aliphatic heterocycles. The molecule has 1 aromatic rings. The highest BCUT2D eigenvalue weighted by Gasteiger charge is 2.28. The summed E-state index contributed by atoms with van der Waals surface area (Å²) < 4.78 is 6.47. The Labute approximate surface area is 171 Å². The Hall–Kier alpha value is -2.13. The van der Waals surface area contributed by atoms with Crippen LogP contribution in [-0.2, 0) is 16.1 Å². The van der Waals surface area contributed by atoms with E-state index in [4.69, 9.17) is 10.5 Å². The third-order valence-electron chi connectivity index (χ3n) is 5.41. The number of nitrogens with one attached hydrogen (secondary N) is 1. The van der Waals surface area contributed by atoms with Crippen molar-refractivity contribution >= 4 is 17.4 Å². The van der Waals surface area contributed by atoms with Crippen LogP contribution in [0, 0.1) is 5.92 Å². The molecule has 0 radical (unpaired) electrons. The van der Waals surface area contributed by atoms with Gasteiger partial charge in [0, 0.05) is 26.2 Å². The molecule has 9 heteroatoms. The van der Waals surface area contributed by atoms with Crippen molar-refractivity contribution < 1.29 is 9.53 Å². The first-order valence-electron chi connectivity index (χ1n) is 10.5. The van der Waals surface area contributed by atoms with Crippen molar-refractivity contribution in [1.29, 1.82) is 0 Å². The first kappa shape index (κ1) is 23.2. The van der Waals surface area contributed by atoms with E-state index in [9.17, 15) is 14.4 Å². The number of anilines is 2. The predicted molar refractivity (Wildman–Crippen MR) is 114 cm³/mol. The number of nitrogens with two attached hydrogens (primary N) is 1. The molecule has 164 valence electrons. The summed E-state index contributed by atoms with van der Waals surface area (Å²) in [5.41, 5.74) is 5.04. The van der Waals surface area contributed by atoms with Gasteiger partial charge in [-0.25, -0.2) is 4.79 Å². The van der Waals surface area contributed by atoms with Gasteiger partial charge in [-0.05, 0) is 31.7 Å². The molecule has 1 unspecified atom stereocenters. The number of aromatic nitrogens is 2. The molecule has 9 nitrogen and oxygen atoms in total. The van der Waals surface area contributed by atoms with Crippen molar-refractivity contribution in [3.8, 4) is 0 Å². The molecule has 1 amide bonds. The maximum absolute atomic E-state index is 13.2.